The minimum atomic E-state index is -0.143. The zero-order valence-corrected chi connectivity index (χ0v) is 11.8. The predicted octanol–water partition coefficient (Wildman–Crippen LogP) is 2.73. The Labute approximate surface area is 122 Å². The average Bonchev–Trinajstić information content (AvgIpc) is 2.78. The van der Waals surface area contributed by atoms with Gasteiger partial charge in [0.15, 0.2) is 11.5 Å². The van der Waals surface area contributed by atoms with E-state index in [0.717, 1.165) is 0 Å². The Bertz CT molecular complexity index is 705. The second kappa shape index (κ2) is 4.94. The van der Waals surface area contributed by atoms with Crippen molar-refractivity contribution in [1.82, 2.24) is 4.98 Å². The van der Waals surface area contributed by atoms with Gasteiger partial charge in [0.05, 0.1) is 36.9 Å². The summed E-state index contributed by atoms with van der Waals surface area (Å²) in [5.41, 5.74) is 2.39. The van der Waals surface area contributed by atoms with Gasteiger partial charge in [0.1, 0.15) is 0 Å². The quantitative estimate of drug-likeness (QED) is 0.868. The number of carbonyl (C=O) groups excluding carboxylic acids is 1. The lowest BCUT2D eigenvalue weighted by molar-refractivity contribution is 0.101. The van der Waals surface area contributed by atoms with E-state index >= 15 is 0 Å². The van der Waals surface area contributed by atoms with Crippen molar-refractivity contribution in [3.05, 3.63) is 54.4 Å². The Kier molecular flexibility index (Phi) is 3.10. The summed E-state index contributed by atoms with van der Waals surface area (Å²) in [4.78, 5) is 18.3. The van der Waals surface area contributed by atoms with E-state index in [1.54, 1.807) is 50.7 Å². The van der Waals surface area contributed by atoms with Gasteiger partial charge in [-0.1, -0.05) is 6.58 Å². The first-order chi connectivity index (χ1) is 10.2. The van der Waals surface area contributed by atoms with Crippen LogP contribution in [-0.2, 0) is 0 Å². The van der Waals surface area contributed by atoms with Gasteiger partial charge in [0, 0.05) is 12.3 Å². The molecule has 1 aromatic heterocycles. The summed E-state index contributed by atoms with van der Waals surface area (Å²) in [5, 5.41) is 0. The van der Waals surface area contributed by atoms with Crippen molar-refractivity contribution < 1.29 is 14.3 Å². The second-order valence-corrected chi connectivity index (χ2v) is 4.53. The minimum Gasteiger partial charge on any atom is -0.493 e. The summed E-state index contributed by atoms with van der Waals surface area (Å²) in [6, 6.07) is 8.77. The summed E-state index contributed by atoms with van der Waals surface area (Å²) < 4.78 is 10.5. The van der Waals surface area contributed by atoms with Gasteiger partial charge < -0.3 is 9.47 Å². The molecular formula is C16H14N2O3. The predicted molar refractivity (Wildman–Crippen MR) is 79.6 cm³/mol. The van der Waals surface area contributed by atoms with Crippen molar-refractivity contribution in [1.29, 1.82) is 0 Å². The van der Waals surface area contributed by atoms with Crippen LogP contribution in [0.25, 0.3) is 5.70 Å². The van der Waals surface area contributed by atoms with Crippen LogP contribution < -0.4 is 14.4 Å². The topological polar surface area (TPSA) is 51.7 Å². The molecule has 0 spiro atoms. The van der Waals surface area contributed by atoms with Crippen molar-refractivity contribution in [3.63, 3.8) is 0 Å². The highest BCUT2D eigenvalue weighted by atomic mass is 16.5. The van der Waals surface area contributed by atoms with Gasteiger partial charge >= 0.3 is 0 Å². The molecule has 3 rings (SSSR count). The maximum atomic E-state index is 12.5. The molecule has 5 heteroatoms. The van der Waals surface area contributed by atoms with E-state index in [-0.39, 0.29) is 5.91 Å². The third-order valence-electron chi connectivity index (χ3n) is 3.41. The molecule has 0 N–H and O–H groups in total. The van der Waals surface area contributed by atoms with Crippen LogP contribution in [-0.4, -0.2) is 25.1 Å². The molecule has 0 aliphatic carbocycles. The molecule has 106 valence electrons. The first-order valence-corrected chi connectivity index (χ1v) is 6.38. The maximum Gasteiger partial charge on any atom is 0.265 e. The van der Waals surface area contributed by atoms with E-state index in [1.165, 1.54) is 4.90 Å². The van der Waals surface area contributed by atoms with E-state index in [1.807, 2.05) is 0 Å². The molecule has 0 bridgehead atoms. The van der Waals surface area contributed by atoms with E-state index in [2.05, 4.69) is 11.6 Å². The van der Waals surface area contributed by atoms with Crippen LogP contribution in [0.1, 0.15) is 16.1 Å². The molecule has 1 amide bonds. The fourth-order valence-electron chi connectivity index (χ4n) is 2.39. The summed E-state index contributed by atoms with van der Waals surface area (Å²) in [5.74, 6) is 1.02. The van der Waals surface area contributed by atoms with Crippen LogP contribution in [0.5, 0.6) is 11.5 Å². The number of ether oxygens (including phenoxy) is 2. The Morgan fingerprint density at radius 1 is 1.14 bits per heavy atom. The lowest BCUT2D eigenvalue weighted by Crippen LogP contribution is -2.21. The summed E-state index contributed by atoms with van der Waals surface area (Å²) in [6.07, 6.45) is 1.65. The Morgan fingerprint density at radius 2 is 1.90 bits per heavy atom. The van der Waals surface area contributed by atoms with E-state index < -0.39 is 0 Å². The molecule has 0 unspecified atom stereocenters. The van der Waals surface area contributed by atoms with Gasteiger partial charge in [-0.25, -0.2) is 0 Å². The number of benzene rings is 1. The first kappa shape index (κ1) is 13.2. The molecule has 1 aliphatic heterocycles. The lowest BCUT2D eigenvalue weighted by atomic mass is 10.2. The summed E-state index contributed by atoms with van der Waals surface area (Å²) in [6.45, 7) is 3.97. The number of aromatic nitrogens is 1. The molecule has 0 saturated heterocycles. The summed E-state index contributed by atoms with van der Waals surface area (Å²) in [7, 11) is 3.12. The van der Waals surface area contributed by atoms with E-state index in [9.17, 15) is 4.79 Å². The average molecular weight is 282 g/mol. The number of hydrogen-bond acceptors (Lipinski definition) is 4. The van der Waals surface area contributed by atoms with Crippen LogP contribution in [0.4, 0.5) is 5.69 Å². The van der Waals surface area contributed by atoms with Gasteiger partial charge in [0.25, 0.3) is 5.91 Å². The van der Waals surface area contributed by atoms with Crippen molar-refractivity contribution in [3.8, 4) is 11.5 Å². The van der Waals surface area contributed by atoms with Crippen molar-refractivity contribution in [2.75, 3.05) is 19.1 Å². The molecule has 0 atom stereocenters. The van der Waals surface area contributed by atoms with Gasteiger partial charge in [0.2, 0.25) is 0 Å². The number of pyridine rings is 1. The van der Waals surface area contributed by atoms with Crippen LogP contribution in [0.3, 0.4) is 0 Å². The largest absolute Gasteiger partial charge is 0.493 e. The SMILES string of the molecule is C=C1c2ncccc2C(=O)N1c1ccc(OC)c(OC)c1. The third-order valence-corrected chi connectivity index (χ3v) is 3.41. The Morgan fingerprint density at radius 3 is 2.57 bits per heavy atom. The van der Waals surface area contributed by atoms with E-state index in [4.69, 9.17) is 9.47 Å². The second-order valence-electron chi connectivity index (χ2n) is 4.53. The van der Waals surface area contributed by atoms with Gasteiger partial charge in [-0.15, -0.1) is 0 Å². The zero-order valence-electron chi connectivity index (χ0n) is 11.8. The molecule has 0 saturated carbocycles. The molecule has 5 nitrogen and oxygen atoms in total. The summed E-state index contributed by atoms with van der Waals surface area (Å²) >= 11 is 0. The molecule has 2 heterocycles. The number of nitrogens with zero attached hydrogens (tertiary/aromatic N) is 2. The number of amides is 1. The number of methoxy groups -OCH3 is 2. The third kappa shape index (κ3) is 1.94. The maximum absolute atomic E-state index is 12.5. The fraction of sp³-hybridized carbons (Fsp3) is 0.125. The highest BCUT2D eigenvalue weighted by Gasteiger charge is 2.33. The van der Waals surface area contributed by atoms with Crippen LogP contribution in [0, 0.1) is 0 Å². The Balaban J connectivity index is 2.07. The molecular weight excluding hydrogens is 268 g/mol. The number of carbonyl (C=O) groups is 1. The molecule has 1 aromatic carbocycles. The van der Waals surface area contributed by atoms with E-state index in [0.29, 0.717) is 34.1 Å². The van der Waals surface area contributed by atoms with Crippen LogP contribution >= 0.6 is 0 Å². The van der Waals surface area contributed by atoms with Crippen LogP contribution in [0.15, 0.2) is 43.1 Å². The standard InChI is InChI=1S/C16H14N2O3/c1-10-15-12(5-4-8-17-15)16(19)18(10)11-6-7-13(20-2)14(9-11)21-3/h4-9H,1H2,2-3H3. The first-order valence-electron chi connectivity index (χ1n) is 6.38. The number of hydrogen-bond donors (Lipinski definition) is 0. The Hall–Kier alpha value is -2.82. The smallest absolute Gasteiger partial charge is 0.265 e. The fourth-order valence-corrected chi connectivity index (χ4v) is 2.39. The van der Waals surface area contributed by atoms with Gasteiger partial charge in [-0.2, -0.15) is 0 Å². The zero-order chi connectivity index (χ0) is 15.0. The highest BCUT2D eigenvalue weighted by molar-refractivity contribution is 6.21. The van der Waals surface area contributed by atoms with Crippen molar-refractivity contribution in [2.45, 2.75) is 0 Å². The lowest BCUT2D eigenvalue weighted by Gasteiger charge is -2.18. The molecule has 2 aromatic rings. The number of rotatable bonds is 3. The van der Waals surface area contributed by atoms with Crippen molar-refractivity contribution in [2.24, 2.45) is 0 Å². The molecule has 0 fully saturated rings. The number of fused-ring (bicyclic) bond motifs is 1. The monoisotopic (exact) mass is 282 g/mol. The van der Waals surface area contributed by atoms with Crippen molar-refractivity contribution >= 4 is 17.3 Å². The van der Waals surface area contributed by atoms with Crippen LogP contribution in [0.2, 0.25) is 0 Å². The molecule has 1 aliphatic rings. The highest BCUT2D eigenvalue weighted by Crippen LogP contribution is 2.38. The van der Waals surface area contributed by atoms with Gasteiger partial charge in [-0.05, 0) is 24.3 Å². The number of anilines is 1. The van der Waals surface area contributed by atoms with Gasteiger partial charge in [-0.3, -0.25) is 14.7 Å². The molecule has 0 radical (unpaired) electrons. The normalized spacial score (nSPS) is 13.3. The minimum absolute atomic E-state index is 0.143. The molecule has 21 heavy (non-hydrogen) atoms.